The van der Waals surface area contributed by atoms with Gasteiger partial charge in [-0.3, -0.25) is 0 Å². The van der Waals surface area contributed by atoms with Crippen LogP contribution >= 0.6 is 0 Å². The molecule has 0 spiro atoms. The van der Waals surface area contributed by atoms with Crippen LogP contribution < -0.4 is 0 Å². The molecule has 33 heavy (non-hydrogen) atoms. The number of hydrogen-bond donors (Lipinski definition) is 1. The smallest absolute Gasteiger partial charge is 0.190 e. The monoisotopic (exact) mass is 448 g/mol. The van der Waals surface area contributed by atoms with Crippen LogP contribution in [0.5, 0.6) is 0 Å². The Kier molecular flexibility index (Phi) is 7.12. The van der Waals surface area contributed by atoms with Crippen LogP contribution in [0.15, 0.2) is 91.0 Å². The molecule has 0 amide bonds. The van der Waals surface area contributed by atoms with E-state index in [1.54, 1.807) is 0 Å². The predicted molar refractivity (Wildman–Crippen MR) is 121 cm³/mol. The Bertz CT molecular complexity index is 983. The Labute approximate surface area is 193 Å². The maximum atomic E-state index is 10.5. The highest BCUT2D eigenvalue weighted by Gasteiger charge is 2.56. The number of aliphatic hydroxyl groups excluding tert-OH is 1. The molecule has 0 unspecified atom stereocenters. The van der Waals surface area contributed by atoms with Gasteiger partial charge in [0.05, 0.1) is 19.8 Å². The fourth-order valence-electron chi connectivity index (χ4n) is 4.25. The van der Waals surface area contributed by atoms with Crippen LogP contribution in [-0.4, -0.2) is 42.1 Å². The quantitative estimate of drug-likeness (QED) is 0.537. The highest BCUT2D eigenvalue weighted by Crippen LogP contribution is 2.37. The molecule has 6 atom stereocenters. The summed E-state index contributed by atoms with van der Waals surface area (Å²) in [5.41, 5.74) is 3.10. The Morgan fingerprint density at radius 3 is 1.45 bits per heavy atom. The summed E-state index contributed by atoms with van der Waals surface area (Å²) >= 11 is 0. The molecule has 6 nitrogen and oxygen atoms in total. The zero-order valence-electron chi connectivity index (χ0n) is 18.2. The predicted octanol–water partition coefficient (Wildman–Crippen LogP) is 3.82. The third kappa shape index (κ3) is 5.33. The van der Waals surface area contributed by atoms with Crippen LogP contribution in [0.4, 0.5) is 0 Å². The zero-order valence-corrected chi connectivity index (χ0v) is 18.2. The van der Waals surface area contributed by atoms with Gasteiger partial charge in [-0.25, -0.2) is 0 Å². The maximum absolute atomic E-state index is 10.5. The van der Waals surface area contributed by atoms with Gasteiger partial charge >= 0.3 is 0 Å². The summed E-state index contributed by atoms with van der Waals surface area (Å²) in [6.07, 6.45) is -4.11. The van der Waals surface area contributed by atoms with Gasteiger partial charge < -0.3 is 28.8 Å². The molecule has 2 fully saturated rings. The molecule has 2 saturated heterocycles. The van der Waals surface area contributed by atoms with Crippen molar-refractivity contribution in [3.05, 3.63) is 108 Å². The van der Waals surface area contributed by atoms with E-state index in [1.807, 2.05) is 91.0 Å². The van der Waals surface area contributed by atoms with Gasteiger partial charge in [0.1, 0.15) is 24.4 Å². The molecular formula is C27H28O6. The summed E-state index contributed by atoms with van der Waals surface area (Å²) in [6, 6.07) is 29.8. The summed E-state index contributed by atoms with van der Waals surface area (Å²) in [5.74, 6) is 0. The average molecular weight is 449 g/mol. The maximum Gasteiger partial charge on any atom is 0.190 e. The SMILES string of the molecule is O[C@H]1O[C@H]2O[C@@H]1[C@@H](OCc1ccccc1)[C@H](OCc1ccccc1)[C@H]2OCc1ccccc1. The Hall–Kier alpha value is -2.58. The van der Waals surface area contributed by atoms with Gasteiger partial charge in [0.25, 0.3) is 0 Å². The van der Waals surface area contributed by atoms with Gasteiger partial charge in [-0.05, 0) is 16.7 Å². The van der Waals surface area contributed by atoms with Crippen LogP contribution in [0.3, 0.4) is 0 Å². The number of benzene rings is 3. The van der Waals surface area contributed by atoms with Gasteiger partial charge in [0, 0.05) is 0 Å². The minimum absolute atomic E-state index is 0.360. The third-order valence-corrected chi connectivity index (χ3v) is 5.94. The van der Waals surface area contributed by atoms with Crippen molar-refractivity contribution in [2.45, 2.75) is 56.8 Å². The molecular weight excluding hydrogens is 420 g/mol. The lowest BCUT2D eigenvalue weighted by atomic mass is 9.99. The first-order valence-corrected chi connectivity index (χ1v) is 11.2. The minimum atomic E-state index is -1.11. The Balaban J connectivity index is 1.36. The van der Waals surface area contributed by atoms with Crippen molar-refractivity contribution in [1.82, 2.24) is 0 Å². The molecule has 2 aliphatic rings. The molecule has 2 heterocycles. The summed E-state index contributed by atoms with van der Waals surface area (Å²) in [4.78, 5) is 0. The van der Waals surface area contributed by atoms with Gasteiger partial charge in [-0.15, -0.1) is 0 Å². The van der Waals surface area contributed by atoms with E-state index in [4.69, 9.17) is 23.7 Å². The minimum Gasteiger partial charge on any atom is -0.368 e. The first kappa shape index (κ1) is 22.2. The molecule has 2 bridgehead atoms. The average Bonchev–Trinajstić information content (AvgIpc) is 3.20. The van der Waals surface area contributed by atoms with Crippen LogP contribution in [0.25, 0.3) is 0 Å². The standard InChI is InChI=1S/C27H28O6/c28-26-24-22(29-16-19-10-4-1-5-11-19)23(30-17-20-12-6-2-7-13-20)25(27(32-24)33-26)31-18-21-14-8-3-9-15-21/h1-15,22-28H,16-18H2/t22-,23-,24+,25+,26-,27+/m0/s1. The molecule has 3 aromatic carbocycles. The van der Waals surface area contributed by atoms with Crippen molar-refractivity contribution in [2.75, 3.05) is 0 Å². The summed E-state index contributed by atoms with van der Waals surface area (Å²) in [7, 11) is 0. The van der Waals surface area contributed by atoms with E-state index >= 15 is 0 Å². The summed E-state index contributed by atoms with van der Waals surface area (Å²) in [5, 5.41) is 10.5. The number of rotatable bonds is 9. The molecule has 0 aliphatic carbocycles. The lowest BCUT2D eigenvalue weighted by Crippen LogP contribution is -2.57. The molecule has 6 heteroatoms. The van der Waals surface area contributed by atoms with E-state index in [0.29, 0.717) is 19.8 Å². The van der Waals surface area contributed by atoms with Gasteiger partial charge in [-0.2, -0.15) is 0 Å². The van der Waals surface area contributed by atoms with Crippen molar-refractivity contribution in [3.8, 4) is 0 Å². The second-order valence-corrected chi connectivity index (χ2v) is 8.28. The second kappa shape index (κ2) is 10.6. The van der Waals surface area contributed by atoms with Crippen molar-refractivity contribution < 1.29 is 28.8 Å². The number of aliphatic hydroxyl groups is 1. The molecule has 0 radical (unpaired) electrons. The van der Waals surface area contributed by atoms with Crippen LogP contribution in [-0.2, 0) is 43.5 Å². The topological polar surface area (TPSA) is 66.4 Å². The number of ether oxygens (including phenoxy) is 5. The fourth-order valence-corrected chi connectivity index (χ4v) is 4.25. The molecule has 2 aliphatic heterocycles. The molecule has 5 rings (SSSR count). The lowest BCUT2D eigenvalue weighted by molar-refractivity contribution is -0.268. The molecule has 1 N–H and O–H groups in total. The van der Waals surface area contributed by atoms with E-state index in [1.165, 1.54) is 0 Å². The molecule has 0 aromatic heterocycles. The van der Waals surface area contributed by atoms with Gasteiger partial charge in [0.15, 0.2) is 12.6 Å². The summed E-state index contributed by atoms with van der Waals surface area (Å²) < 4.78 is 30.6. The second-order valence-electron chi connectivity index (χ2n) is 8.28. The zero-order chi connectivity index (χ0) is 22.5. The Morgan fingerprint density at radius 1 is 0.545 bits per heavy atom. The van der Waals surface area contributed by atoms with Crippen LogP contribution in [0.2, 0.25) is 0 Å². The first-order chi connectivity index (χ1) is 16.3. The van der Waals surface area contributed by atoms with E-state index in [9.17, 15) is 5.11 Å². The van der Waals surface area contributed by atoms with E-state index < -0.39 is 37.0 Å². The Morgan fingerprint density at radius 2 is 0.970 bits per heavy atom. The van der Waals surface area contributed by atoms with Crippen LogP contribution in [0.1, 0.15) is 16.7 Å². The molecule has 0 saturated carbocycles. The van der Waals surface area contributed by atoms with Crippen molar-refractivity contribution in [2.24, 2.45) is 0 Å². The van der Waals surface area contributed by atoms with Crippen molar-refractivity contribution in [3.63, 3.8) is 0 Å². The number of fused-ring (bicyclic) bond motifs is 2. The number of hydrogen-bond acceptors (Lipinski definition) is 6. The lowest BCUT2D eigenvalue weighted by Gasteiger charge is -2.40. The highest BCUT2D eigenvalue weighted by molar-refractivity contribution is 5.16. The summed E-state index contributed by atoms with van der Waals surface area (Å²) in [6.45, 7) is 1.11. The highest BCUT2D eigenvalue weighted by atomic mass is 16.8. The molecule has 3 aromatic rings. The molecule has 172 valence electrons. The van der Waals surface area contributed by atoms with Crippen LogP contribution in [0, 0.1) is 0 Å². The van der Waals surface area contributed by atoms with Gasteiger partial charge in [0.2, 0.25) is 0 Å². The van der Waals surface area contributed by atoms with Gasteiger partial charge in [-0.1, -0.05) is 91.0 Å². The van der Waals surface area contributed by atoms with E-state index in [0.717, 1.165) is 16.7 Å². The van der Waals surface area contributed by atoms with Crippen molar-refractivity contribution in [1.29, 1.82) is 0 Å². The third-order valence-electron chi connectivity index (χ3n) is 5.94. The van der Waals surface area contributed by atoms with Crippen molar-refractivity contribution >= 4 is 0 Å². The fraction of sp³-hybridized carbons (Fsp3) is 0.333. The largest absolute Gasteiger partial charge is 0.368 e. The first-order valence-electron chi connectivity index (χ1n) is 11.2. The normalized spacial score (nSPS) is 28.6. The van der Waals surface area contributed by atoms with E-state index in [2.05, 4.69) is 0 Å². The van der Waals surface area contributed by atoms with E-state index in [-0.39, 0.29) is 0 Å².